The predicted octanol–water partition coefficient (Wildman–Crippen LogP) is 4.73. The van der Waals surface area contributed by atoms with Crippen molar-refractivity contribution in [2.45, 2.75) is 6.42 Å². The summed E-state index contributed by atoms with van der Waals surface area (Å²) >= 11 is 0. The molecule has 1 N–H and O–H groups in total. The third kappa shape index (κ3) is 2.43. The van der Waals surface area contributed by atoms with Crippen molar-refractivity contribution in [1.82, 2.24) is 4.98 Å². The van der Waals surface area contributed by atoms with E-state index < -0.39 is 0 Å². The largest absolute Gasteiger partial charge is 0.396 e. The molecular formula is C21H16FNO. The molecule has 24 heavy (non-hydrogen) atoms. The molecule has 4 aromatic rings. The van der Waals surface area contributed by atoms with Crippen molar-refractivity contribution in [3.8, 4) is 11.3 Å². The van der Waals surface area contributed by atoms with Crippen LogP contribution < -0.4 is 0 Å². The Kier molecular flexibility index (Phi) is 3.71. The Balaban J connectivity index is 2.05. The summed E-state index contributed by atoms with van der Waals surface area (Å²) in [4.78, 5) is 4.72. The first-order valence-corrected chi connectivity index (χ1v) is 7.95. The average Bonchev–Trinajstić information content (AvgIpc) is 2.62. The Hall–Kier alpha value is -2.78. The van der Waals surface area contributed by atoms with Gasteiger partial charge in [0.2, 0.25) is 0 Å². The van der Waals surface area contributed by atoms with E-state index in [4.69, 9.17) is 4.98 Å². The average molecular weight is 317 g/mol. The van der Waals surface area contributed by atoms with Crippen molar-refractivity contribution in [1.29, 1.82) is 0 Å². The van der Waals surface area contributed by atoms with Crippen LogP contribution >= 0.6 is 0 Å². The summed E-state index contributed by atoms with van der Waals surface area (Å²) in [5.41, 5.74) is 2.75. The Morgan fingerprint density at radius 3 is 2.50 bits per heavy atom. The highest BCUT2D eigenvalue weighted by Crippen LogP contribution is 2.31. The SMILES string of the molecule is OCCc1cc2c(ccc3ccccc32)nc1-c1ccccc1F. The second-order valence-electron chi connectivity index (χ2n) is 5.80. The summed E-state index contributed by atoms with van der Waals surface area (Å²) in [7, 11) is 0. The van der Waals surface area contributed by atoms with Crippen molar-refractivity contribution in [2.75, 3.05) is 6.61 Å². The van der Waals surface area contributed by atoms with Gasteiger partial charge in [-0.3, -0.25) is 0 Å². The van der Waals surface area contributed by atoms with E-state index >= 15 is 0 Å². The molecule has 0 fully saturated rings. The van der Waals surface area contributed by atoms with E-state index in [9.17, 15) is 9.50 Å². The first-order chi connectivity index (χ1) is 11.8. The lowest BCUT2D eigenvalue weighted by Gasteiger charge is -2.12. The summed E-state index contributed by atoms with van der Waals surface area (Å²) < 4.78 is 14.2. The quantitative estimate of drug-likeness (QED) is 0.554. The van der Waals surface area contributed by atoms with E-state index in [0.717, 1.165) is 27.2 Å². The van der Waals surface area contributed by atoms with Gasteiger partial charge in [0.25, 0.3) is 0 Å². The van der Waals surface area contributed by atoms with Crippen molar-refractivity contribution in [2.24, 2.45) is 0 Å². The van der Waals surface area contributed by atoms with E-state index in [1.807, 2.05) is 30.3 Å². The van der Waals surface area contributed by atoms with Crippen LogP contribution in [-0.4, -0.2) is 16.7 Å². The molecule has 0 radical (unpaired) electrons. The van der Waals surface area contributed by atoms with Crippen LogP contribution in [-0.2, 0) is 6.42 Å². The number of halogens is 1. The molecule has 0 saturated heterocycles. The van der Waals surface area contributed by atoms with E-state index in [0.29, 0.717) is 17.7 Å². The molecule has 118 valence electrons. The molecule has 1 aromatic heterocycles. The third-order valence-electron chi connectivity index (χ3n) is 4.31. The van der Waals surface area contributed by atoms with Crippen molar-refractivity contribution in [3.05, 3.63) is 78.1 Å². The lowest BCUT2D eigenvalue weighted by molar-refractivity contribution is 0.299. The number of nitrogens with zero attached hydrogens (tertiary/aromatic N) is 1. The summed E-state index contributed by atoms with van der Waals surface area (Å²) in [5, 5.41) is 12.7. The van der Waals surface area contributed by atoms with E-state index in [-0.39, 0.29) is 12.4 Å². The van der Waals surface area contributed by atoms with Gasteiger partial charge in [0, 0.05) is 17.6 Å². The highest BCUT2D eigenvalue weighted by molar-refractivity contribution is 6.06. The zero-order valence-corrected chi connectivity index (χ0v) is 13.0. The van der Waals surface area contributed by atoms with Crippen LogP contribution in [0, 0.1) is 5.82 Å². The van der Waals surface area contributed by atoms with Crippen LogP contribution in [0.3, 0.4) is 0 Å². The Bertz CT molecular complexity index is 1040. The van der Waals surface area contributed by atoms with Crippen LogP contribution in [0.2, 0.25) is 0 Å². The van der Waals surface area contributed by atoms with Gasteiger partial charge in [0.1, 0.15) is 5.82 Å². The van der Waals surface area contributed by atoms with Gasteiger partial charge in [0.15, 0.2) is 0 Å². The molecule has 0 aliphatic carbocycles. The lowest BCUT2D eigenvalue weighted by atomic mass is 9.98. The lowest BCUT2D eigenvalue weighted by Crippen LogP contribution is -1.99. The second-order valence-corrected chi connectivity index (χ2v) is 5.80. The van der Waals surface area contributed by atoms with Crippen molar-refractivity contribution < 1.29 is 9.50 Å². The number of aromatic nitrogens is 1. The van der Waals surface area contributed by atoms with Gasteiger partial charge in [0.05, 0.1) is 11.2 Å². The van der Waals surface area contributed by atoms with Crippen molar-refractivity contribution in [3.63, 3.8) is 0 Å². The Labute approximate surface area is 139 Å². The maximum absolute atomic E-state index is 14.2. The van der Waals surface area contributed by atoms with Crippen LogP contribution in [0.5, 0.6) is 0 Å². The summed E-state index contributed by atoms with van der Waals surface area (Å²) in [6.45, 7) is -0.000590. The van der Waals surface area contributed by atoms with Gasteiger partial charge in [-0.25, -0.2) is 9.37 Å². The van der Waals surface area contributed by atoms with E-state index in [1.165, 1.54) is 6.07 Å². The fourth-order valence-electron chi connectivity index (χ4n) is 3.17. The number of pyridine rings is 1. The normalized spacial score (nSPS) is 11.2. The summed E-state index contributed by atoms with van der Waals surface area (Å²) in [6.07, 6.45) is 0.440. The Morgan fingerprint density at radius 2 is 1.67 bits per heavy atom. The zero-order chi connectivity index (χ0) is 16.5. The number of benzene rings is 3. The van der Waals surface area contributed by atoms with Gasteiger partial charge < -0.3 is 5.11 Å². The third-order valence-corrected chi connectivity index (χ3v) is 4.31. The Morgan fingerprint density at radius 1 is 0.875 bits per heavy atom. The highest BCUT2D eigenvalue weighted by atomic mass is 19.1. The number of fused-ring (bicyclic) bond motifs is 3. The molecular weight excluding hydrogens is 301 g/mol. The summed E-state index contributed by atoms with van der Waals surface area (Å²) in [6, 6.07) is 20.8. The first kappa shape index (κ1) is 14.8. The molecule has 3 heteroatoms. The molecule has 0 saturated carbocycles. The molecule has 2 nitrogen and oxygen atoms in total. The number of aliphatic hydroxyl groups is 1. The molecule has 1 heterocycles. The van der Waals surface area contributed by atoms with E-state index in [2.05, 4.69) is 12.1 Å². The molecule has 4 rings (SSSR count). The molecule has 0 aliphatic heterocycles. The number of aliphatic hydroxyl groups excluding tert-OH is 1. The molecule has 0 aliphatic rings. The van der Waals surface area contributed by atoms with Gasteiger partial charge in [-0.05, 0) is 47.0 Å². The molecule has 0 amide bonds. The molecule has 3 aromatic carbocycles. The number of hydrogen-bond donors (Lipinski definition) is 1. The molecule has 0 unspecified atom stereocenters. The van der Waals surface area contributed by atoms with Gasteiger partial charge in [-0.1, -0.05) is 42.5 Å². The second kappa shape index (κ2) is 6.02. The smallest absolute Gasteiger partial charge is 0.132 e. The zero-order valence-electron chi connectivity index (χ0n) is 13.0. The minimum Gasteiger partial charge on any atom is -0.396 e. The maximum atomic E-state index is 14.2. The van der Waals surface area contributed by atoms with Gasteiger partial charge in [-0.2, -0.15) is 0 Å². The fraction of sp³-hybridized carbons (Fsp3) is 0.0952. The molecule has 0 bridgehead atoms. The molecule has 0 spiro atoms. The maximum Gasteiger partial charge on any atom is 0.132 e. The minimum atomic E-state index is -0.302. The fourth-order valence-corrected chi connectivity index (χ4v) is 3.17. The molecule has 0 atom stereocenters. The van der Waals surface area contributed by atoms with Gasteiger partial charge in [-0.15, -0.1) is 0 Å². The summed E-state index contributed by atoms with van der Waals surface area (Å²) in [5.74, 6) is -0.302. The standard InChI is InChI=1S/C21H16FNO/c22-19-8-4-3-7-17(19)21-15(11-12-24)13-18-16-6-2-1-5-14(16)9-10-20(18)23-21/h1-10,13,24H,11-12H2. The first-order valence-electron chi connectivity index (χ1n) is 7.95. The predicted molar refractivity (Wildman–Crippen MR) is 95.4 cm³/mol. The minimum absolute atomic E-state index is 0.000590. The van der Waals surface area contributed by atoms with Crippen LogP contribution in [0.15, 0.2) is 66.7 Å². The topological polar surface area (TPSA) is 33.1 Å². The number of rotatable bonds is 3. The monoisotopic (exact) mass is 317 g/mol. The van der Waals surface area contributed by atoms with E-state index in [1.54, 1.807) is 18.2 Å². The number of hydrogen-bond acceptors (Lipinski definition) is 2. The highest BCUT2D eigenvalue weighted by Gasteiger charge is 2.13. The van der Waals surface area contributed by atoms with Crippen LogP contribution in [0.25, 0.3) is 32.9 Å². The van der Waals surface area contributed by atoms with Crippen LogP contribution in [0.4, 0.5) is 4.39 Å². The van der Waals surface area contributed by atoms with Gasteiger partial charge >= 0.3 is 0 Å². The van der Waals surface area contributed by atoms with Crippen LogP contribution in [0.1, 0.15) is 5.56 Å². The van der Waals surface area contributed by atoms with Crippen molar-refractivity contribution >= 4 is 21.7 Å².